The van der Waals surface area contributed by atoms with Gasteiger partial charge in [0.1, 0.15) is 11.9 Å². The van der Waals surface area contributed by atoms with Crippen LogP contribution in [0, 0.1) is 0 Å². The smallest absolute Gasteiger partial charge is 0.292 e. The number of nitrogens with zero attached hydrogens (tertiary/aromatic N) is 2. The standard InChI is InChI=1S/C35H38ClN3O4/c1-22(2)39-18-15-24-7-10-26(20-31(24)39)23-5-8-25(9-6-23)34(41)35(42)37-30(21-38-16-3-4-17-38)33(40)27-11-14-32(29(36)19-27)43-28-12-13-28/h5-11,14-15,18-20,22,28,30,33,40H,3-4,12-13,16-17,21H2,1-2H3,(H,37,42)/t30-,33-/m1/s1. The highest BCUT2D eigenvalue weighted by Gasteiger charge is 2.30. The first kappa shape index (κ1) is 29.4. The number of aromatic nitrogens is 1. The van der Waals surface area contributed by atoms with Crippen molar-refractivity contribution < 1.29 is 19.4 Å². The molecule has 7 nitrogen and oxygen atoms in total. The fraction of sp³-hybridized carbons (Fsp3) is 0.371. The number of amides is 1. The number of benzene rings is 3. The molecule has 0 unspecified atom stereocenters. The van der Waals surface area contributed by atoms with Crippen molar-refractivity contribution in [2.45, 2.75) is 63.8 Å². The molecule has 1 aromatic heterocycles. The van der Waals surface area contributed by atoms with E-state index >= 15 is 0 Å². The second kappa shape index (κ2) is 12.5. The summed E-state index contributed by atoms with van der Waals surface area (Å²) in [6, 6.07) is 20.4. The fourth-order valence-electron chi connectivity index (χ4n) is 5.82. The first-order chi connectivity index (χ1) is 20.8. The van der Waals surface area contributed by atoms with E-state index in [0.717, 1.165) is 55.4 Å². The molecule has 1 aliphatic heterocycles. The van der Waals surface area contributed by atoms with Crippen molar-refractivity contribution in [1.82, 2.24) is 14.8 Å². The van der Waals surface area contributed by atoms with Gasteiger partial charge in [0.2, 0.25) is 5.78 Å². The number of carbonyl (C=O) groups excluding carboxylic acids is 2. The number of ketones is 1. The predicted molar refractivity (Wildman–Crippen MR) is 170 cm³/mol. The Balaban J connectivity index is 1.17. The van der Waals surface area contributed by atoms with E-state index in [1.54, 1.807) is 30.3 Å². The Morgan fingerprint density at radius 3 is 2.37 bits per heavy atom. The van der Waals surface area contributed by atoms with Gasteiger partial charge in [0.15, 0.2) is 0 Å². The lowest BCUT2D eigenvalue weighted by molar-refractivity contribution is -0.118. The van der Waals surface area contributed by atoms with Crippen molar-refractivity contribution in [3.05, 3.63) is 89.1 Å². The minimum Gasteiger partial charge on any atom is -0.489 e. The molecule has 224 valence electrons. The zero-order valence-electron chi connectivity index (χ0n) is 24.6. The fourth-order valence-corrected chi connectivity index (χ4v) is 6.05. The van der Waals surface area contributed by atoms with Gasteiger partial charge in [-0.2, -0.15) is 0 Å². The Morgan fingerprint density at radius 2 is 1.70 bits per heavy atom. The lowest BCUT2D eigenvalue weighted by Crippen LogP contribution is -2.48. The van der Waals surface area contributed by atoms with Crippen molar-refractivity contribution in [2.75, 3.05) is 19.6 Å². The van der Waals surface area contributed by atoms with Crippen molar-refractivity contribution in [2.24, 2.45) is 0 Å². The average molecular weight is 600 g/mol. The summed E-state index contributed by atoms with van der Waals surface area (Å²) in [5.41, 5.74) is 4.02. The zero-order chi connectivity index (χ0) is 30.1. The van der Waals surface area contributed by atoms with E-state index in [2.05, 4.69) is 59.1 Å². The van der Waals surface area contributed by atoms with Gasteiger partial charge in [-0.25, -0.2) is 0 Å². The lowest BCUT2D eigenvalue weighted by Gasteiger charge is -2.28. The second-order valence-electron chi connectivity index (χ2n) is 12.0. The number of rotatable bonds is 11. The van der Waals surface area contributed by atoms with Crippen LogP contribution in [0.2, 0.25) is 5.02 Å². The zero-order valence-corrected chi connectivity index (χ0v) is 25.4. The maximum atomic E-state index is 13.2. The minimum atomic E-state index is -1.05. The molecule has 3 aromatic carbocycles. The normalized spacial score (nSPS) is 16.9. The number of fused-ring (bicyclic) bond motifs is 1. The van der Waals surface area contributed by atoms with E-state index in [-0.39, 0.29) is 6.10 Å². The Hall–Kier alpha value is -3.65. The summed E-state index contributed by atoms with van der Waals surface area (Å²) in [6.07, 6.45) is 5.42. The van der Waals surface area contributed by atoms with E-state index in [4.69, 9.17) is 16.3 Å². The van der Waals surface area contributed by atoms with Gasteiger partial charge >= 0.3 is 0 Å². The van der Waals surface area contributed by atoms with Crippen molar-refractivity contribution in [3.8, 4) is 16.9 Å². The number of carbonyl (C=O) groups is 2. The Morgan fingerprint density at radius 1 is 0.977 bits per heavy atom. The van der Waals surface area contributed by atoms with Crippen LogP contribution in [0.4, 0.5) is 0 Å². The number of hydrogen-bond donors (Lipinski definition) is 2. The van der Waals surface area contributed by atoms with E-state index < -0.39 is 23.8 Å². The van der Waals surface area contributed by atoms with Crippen molar-refractivity contribution in [3.63, 3.8) is 0 Å². The third-order valence-electron chi connectivity index (χ3n) is 8.43. The molecule has 2 N–H and O–H groups in total. The van der Waals surface area contributed by atoms with Crippen molar-refractivity contribution >= 4 is 34.2 Å². The molecule has 8 heteroatoms. The maximum Gasteiger partial charge on any atom is 0.292 e. The largest absolute Gasteiger partial charge is 0.489 e. The average Bonchev–Trinajstić information content (AvgIpc) is 3.48. The Bertz CT molecular complexity index is 1620. The van der Waals surface area contributed by atoms with Gasteiger partial charge in [0.05, 0.1) is 17.2 Å². The van der Waals surface area contributed by atoms with Gasteiger partial charge in [0, 0.05) is 29.9 Å². The quantitative estimate of drug-likeness (QED) is 0.150. The molecular formula is C35H38ClN3O4. The van der Waals surface area contributed by atoms with Crippen LogP contribution in [0.3, 0.4) is 0 Å². The third kappa shape index (κ3) is 6.64. The molecule has 2 heterocycles. The molecule has 43 heavy (non-hydrogen) atoms. The number of aliphatic hydroxyl groups is 1. The molecule has 1 saturated heterocycles. The van der Waals surface area contributed by atoms with Crippen LogP contribution in [-0.2, 0) is 4.79 Å². The van der Waals surface area contributed by atoms with Crippen LogP contribution in [0.1, 0.15) is 67.6 Å². The summed E-state index contributed by atoms with van der Waals surface area (Å²) in [5.74, 6) is -0.792. The highest BCUT2D eigenvalue weighted by atomic mass is 35.5. The number of Topliss-reactive ketones (excluding diaryl/α,β-unsaturated/α-hetero) is 1. The molecule has 0 bridgehead atoms. The van der Waals surface area contributed by atoms with E-state index in [9.17, 15) is 14.7 Å². The molecule has 2 fully saturated rings. The molecule has 1 amide bonds. The number of nitrogens with one attached hydrogen (secondary N) is 1. The van der Waals surface area contributed by atoms with E-state index in [1.807, 2.05) is 12.1 Å². The molecule has 0 spiro atoms. The lowest BCUT2D eigenvalue weighted by atomic mass is 9.99. The van der Waals surface area contributed by atoms with Crippen LogP contribution < -0.4 is 10.1 Å². The molecular weight excluding hydrogens is 562 g/mol. The number of likely N-dealkylation sites (tertiary alicyclic amines) is 1. The minimum absolute atomic E-state index is 0.205. The van der Waals surface area contributed by atoms with Crippen LogP contribution in [-0.4, -0.2) is 58.0 Å². The van der Waals surface area contributed by atoms with Gasteiger partial charge in [0.25, 0.3) is 5.91 Å². The summed E-state index contributed by atoms with van der Waals surface area (Å²) in [5, 5.41) is 15.8. The second-order valence-corrected chi connectivity index (χ2v) is 12.4. The van der Waals surface area contributed by atoms with Crippen LogP contribution in [0.5, 0.6) is 5.75 Å². The Kier molecular flexibility index (Phi) is 8.57. The first-order valence-electron chi connectivity index (χ1n) is 15.2. The first-order valence-corrected chi connectivity index (χ1v) is 15.6. The molecule has 6 rings (SSSR count). The monoisotopic (exact) mass is 599 g/mol. The number of aliphatic hydroxyl groups excluding tert-OH is 1. The molecule has 1 aliphatic carbocycles. The van der Waals surface area contributed by atoms with Gasteiger partial charge < -0.3 is 24.6 Å². The van der Waals surface area contributed by atoms with Gasteiger partial charge in [-0.15, -0.1) is 0 Å². The molecule has 2 aliphatic rings. The Labute approximate surface area is 257 Å². The highest BCUT2D eigenvalue weighted by molar-refractivity contribution is 6.42. The highest BCUT2D eigenvalue weighted by Crippen LogP contribution is 2.34. The van der Waals surface area contributed by atoms with Crippen LogP contribution >= 0.6 is 11.6 Å². The van der Waals surface area contributed by atoms with Gasteiger partial charge in [-0.05, 0) is 99.0 Å². The topological polar surface area (TPSA) is 83.8 Å². The van der Waals surface area contributed by atoms with Gasteiger partial charge in [-0.3, -0.25) is 9.59 Å². The molecule has 1 saturated carbocycles. The molecule has 0 radical (unpaired) electrons. The summed E-state index contributed by atoms with van der Waals surface area (Å²) in [6.45, 7) is 6.51. The van der Waals surface area contributed by atoms with Crippen LogP contribution in [0.15, 0.2) is 72.9 Å². The van der Waals surface area contributed by atoms with E-state index in [0.29, 0.717) is 34.5 Å². The molecule has 2 atom stereocenters. The summed E-state index contributed by atoms with van der Waals surface area (Å²) in [7, 11) is 0. The van der Waals surface area contributed by atoms with Crippen molar-refractivity contribution in [1.29, 1.82) is 0 Å². The SMILES string of the molecule is CC(C)n1ccc2ccc(-c3ccc(C(=O)C(=O)N[C@H](CN4CCCC4)[C@H](O)c4ccc(OC5CC5)c(Cl)c4)cc3)cc21. The van der Waals surface area contributed by atoms with E-state index in [1.165, 1.54) is 5.39 Å². The number of halogens is 1. The molecule has 4 aromatic rings. The summed E-state index contributed by atoms with van der Waals surface area (Å²) in [4.78, 5) is 28.7. The predicted octanol–water partition coefficient (Wildman–Crippen LogP) is 6.58. The maximum absolute atomic E-state index is 13.2. The third-order valence-corrected chi connectivity index (χ3v) is 8.73. The number of ether oxygens (including phenoxy) is 1. The van der Waals surface area contributed by atoms with Gasteiger partial charge in [-0.1, -0.05) is 54.1 Å². The number of hydrogen-bond acceptors (Lipinski definition) is 5. The summed E-state index contributed by atoms with van der Waals surface area (Å²) >= 11 is 6.47. The van der Waals surface area contributed by atoms with Crippen LogP contribution in [0.25, 0.3) is 22.0 Å². The summed E-state index contributed by atoms with van der Waals surface area (Å²) < 4.78 is 8.07.